The summed E-state index contributed by atoms with van der Waals surface area (Å²) in [4.78, 5) is 1.32. The Bertz CT molecular complexity index is 871. The molecule has 1 N–H and O–H groups in total. The fourth-order valence-electron chi connectivity index (χ4n) is 2.62. The number of benzene rings is 2. The minimum Gasteiger partial charge on any atom is -0.490 e. The first-order valence-corrected chi connectivity index (χ1v) is 10.8. The van der Waals surface area contributed by atoms with Crippen molar-refractivity contribution in [3.05, 3.63) is 79.4 Å². The van der Waals surface area contributed by atoms with Gasteiger partial charge in [-0.1, -0.05) is 45.7 Å². The van der Waals surface area contributed by atoms with Crippen LogP contribution in [0.5, 0.6) is 11.5 Å². The molecule has 3 aromatic rings. The lowest BCUT2D eigenvalue weighted by Gasteiger charge is -2.15. The average Bonchev–Trinajstić information content (AvgIpc) is 3.16. The van der Waals surface area contributed by atoms with E-state index in [1.807, 2.05) is 43.3 Å². The highest BCUT2D eigenvalue weighted by molar-refractivity contribution is 9.10. The summed E-state index contributed by atoms with van der Waals surface area (Å²) in [6.45, 7) is 4.58. The normalized spacial score (nSPS) is 10.8. The lowest BCUT2D eigenvalue weighted by molar-refractivity contribution is 0.269. The number of rotatable bonds is 9. The molecular formula is C21H21BrClNO2S. The van der Waals surface area contributed by atoms with Crippen LogP contribution >= 0.6 is 38.9 Å². The van der Waals surface area contributed by atoms with Gasteiger partial charge in [-0.05, 0) is 53.8 Å². The van der Waals surface area contributed by atoms with Crippen LogP contribution in [0.1, 0.15) is 22.9 Å². The standard InChI is InChI=1S/C21H21BrClNO2S/c1-2-25-20-10-16(12-24-13-18-7-4-8-27-18)19(22)11-21(20)26-14-15-5-3-6-17(23)9-15/h3-11,24H,2,12-14H2,1H3. The van der Waals surface area contributed by atoms with Crippen molar-refractivity contribution in [3.8, 4) is 11.5 Å². The molecule has 3 nitrogen and oxygen atoms in total. The molecule has 0 spiro atoms. The Morgan fingerprint density at radius 2 is 1.89 bits per heavy atom. The van der Waals surface area contributed by atoms with Gasteiger partial charge in [0.15, 0.2) is 11.5 Å². The molecular weight excluding hydrogens is 446 g/mol. The summed E-state index contributed by atoms with van der Waals surface area (Å²) in [6.07, 6.45) is 0. The molecule has 0 unspecified atom stereocenters. The van der Waals surface area contributed by atoms with E-state index in [-0.39, 0.29) is 0 Å². The van der Waals surface area contributed by atoms with Crippen molar-refractivity contribution in [1.82, 2.24) is 5.32 Å². The van der Waals surface area contributed by atoms with Gasteiger partial charge in [0.25, 0.3) is 0 Å². The van der Waals surface area contributed by atoms with Gasteiger partial charge in [-0.15, -0.1) is 11.3 Å². The van der Waals surface area contributed by atoms with Crippen molar-refractivity contribution < 1.29 is 9.47 Å². The van der Waals surface area contributed by atoms with Gasteiger partial charge >= 0.3 is 0 Å². The zero-order valence-corrected chi connectivity index (χ0v) is 18.2. The molecule has 6 heteroatoms. The number of thiophene rings is 1. The Kier molecular flexibility index (Phi) is 7.59. The molecule has 142 valence electrons. The van der Waals surface area contributed by atoms with Gasteiger partial charge in [0.05, 0.1) is 6.61 Å². The molecule has 0 saturated heterocycles. The van der Waals surface area contributed by atoms with Gasteiger partial charge in [-0.25, -0.2) is 0 Å². The molecule has 27 heavy (non-hydrogen) atoms. The van der Waals surface area contributed by atoms with Crippen LogP contribution in [0.25, 0.3) is 0 Å². The molecule has 0 fully saturated rings. The fraction of sp³-hybridized carbons (Fsp3) is 0.238. The molecule has 0 aliphatic carbocycles. The van der Waals surface area contributed by atoms with Gasteiger partial charge < -0.3 is 14.8 Å². The van der Waals surface area contributed by atoms with E-state index in [2.05, 4.69) is 38.8 Å². The van der Waals surface area contributed by atoms with Crippen molar-refractivity contribution >= 4 is 38.9 Å². The van der Waals surface area contributed by atoms with Crippen LogP contribution in [0.3, 0.4) is 0 Å². The minimum absolute atomic E-state index is 0.434. The zero-order valence-electron chi connectivity index (χ0n) is 15.0. The van der Waals surface area contributed by atoms with Crippen molar-refractivity contribution in [2.24, 2.45) is 0 Å². The summed E-state index contributed by atoms with van der Waals surface area (Å²) in [7, 11) is 0. The summed E-state index contributed by atoms with van der Waals surface area (Å²) in [6, 6.07) is 15.9. The largest absolute Gasteiger partial charge is 0.490 e. The molecule has 0 aliphatic heterocycles. The number of hydrogen-bond donors (Lipinski definition) is 1. The minimum atomic E-state index is 0.434. The zero-order chi connectivity index (χ0) is 19.1. The van der Waals surface area contributed by atoms with E-state index in [4.69, 9.17) is 21.1 Å². The van der Waals surface area contributed by atoms with Gasteiger partial charge in [0, 0.05) is 27.5 Å². The number of ether oxygens (including phenoxy) is 2. The third-order valence-corrected chi connectivity index (χ3v) is 5.74. The maximum absolute atomic E-state index is 6.05. The third kappa shape index (κ3) is 5.98. The van der Waals surface area contributed by atoms with Crippen LogP contribution in [0.15, 0.2) is 58.4 Å². The molecule has 1 heterocycles. The lowest BCUT2D eigenvalue weighted by Crippen LogP contribution is -2.12. The molecule has 0 saturated carbocycles. The molecule has 2 aromatic carbocycles. The van der Waals surface area contributed by atoms with Crippen LogP contribution in [0.2, 0.25) is 5.02 Å². The molecule has 0 amide bonds. The molecule has 0 atom stereocenters. The molecule has 0 bridgehead atoms. The van der Waals surface area contributed by atoms with Crippen LogP contribution in [-0.4, -0.2) is 6.61 Å². The number of hydrogen-bond acceptors (Lipinski definition) is 4. The summed E-state index contributed by atoms with van der Waals surface area (Å²) < 4.78 is 12.8. The first-order valence-electron chi connectivity index (χ1n) is 8.71. The van der Waals surface area contributed by atoms with Gasteiger partial charge in [0.1, 0.15) is 6.61 Å². The SMILES string of the molecule is CCOc1cc(CNCc2cccs2)c(Br)cc1OCc1cccc(Cl)c1. The highest BCUT2D eigenvalue weighted by Crippen LogP contribution is 2.34. The van der Waals surface area contributed by atoms with Crippen molar-refractivity contribution in [2.75, 3.05) is 6.61 Å². The van der Waals surface area contributed by atoms with Gasteiger partial charge in [-0.3, -0.25) is 0 Å². The van der Waals surface area contributed by atoms with E-state index >= 15 is 0 Å². The third-order valence-electron chi connectivity index (χ3n) is 3.89. The van der Waals surface area contributed by atoms with E-state index in [1.54, 1.807) is 11.3 Å². The second-order valence-corrected chi connectivity index (χ2v) is 8.25. The van der Waals surface area contributed by atoms with Crippen molar-refractivity contribution in [3.63, 3.8) is 0 Å². The second kappa shape index (κ2) is 10.1. The Labute approximate surface area is 177 Å². The smallest absolute Gasteiger partial charge is 0.162 e. The second-order valence-electron chi connectivity index (χ2n) is 5.92. The Balaban J connectivity index is 1.68. The van der Waals surface area contributed by atoms with Gasteiger partial charge in [-0.2, -0.15) is 0 Å². The highest BCUT2D eigenvalue weighted by atomic mass is 79.9. The van der Waals surface area contributed by atoms with Crippen molar-refractivity contribution in [2.45, 2.75) is 26.6 Å². The monoisotopic (exact) mass is 465 g/mol. The maximum Gasteiger partial charge on any atom is 0.162 e. The molecule has 3 rings (SSSR count). The lowest BCUT2D eigenvalue weighted by atomic mass is 10.2. The van der Waals surface area contributed by atoms with Gasteiger partial charge in [0.2, 0.25) is 0 Å². The predicted octanol–water partition coefficient (Wildman–Crippen LogP) is 6.43. The Morgan fingerprint density at radius 3 is 2.63 bits per heavy atom. The van der Waals surface area contributed by atoms with Crippen LogP contribution < -0.4 is 14.8 Å². The van der Waals surface area contributed by atoms with Crippen LogP contribution in [-0.2, 0) is 19.7 Å². The summed E-state index contributed by atoms with van der Waals surface area (Å²) in [5.74, 6) is 1.46. The highest BCUT2D eigenvalue weighted by Gasteiger charge is 2.11. The number of nitrogens with one attached hydrogen (secondary N) is 1. The first kappa shape index (κ1) is 20.2. The molecule has 0 radical (unpaired) electrons. The van der Waals surface area contributed by atoms with E-state index < -0.39 is 0 Å². The van der Waals surface area contributed by atoms with Crippen LogP contribution in [0, 0.1) is 0 Å². The van der Waals surface area contributed by atoms with E-state index in [0.29, 0.717) is 24.0 Å². The number of halogens is 2. The van der Waals surface area contributed by atoms with Crippen LogP contribution in [0.4, 0.5) is 0 Å². The van der Waals surface area contributed by atoms with Crippen molar-refractivity contribution in [1.29, 1.82) is 0 Å². The van der Waals surface area contributed by atoms with E-state index in [0.717, 1.165) is 34.4 Å². The molecule has 0 aliphatic rings. The quantitative estimate of drug-likeness (QED) is 0.394. The summed E-state index contributed by atoms with van der Waals surface area (Å²) in [5.41, 5.74) is 2.15. The maximum atomic E-state index is 6.05. The Hall–Kier alpha value is -1.53. The summed E-state index contributed by atoms with van der Waals surface area (Å²) in [5, 5.41) is 6.26. The summed E-state index contributed by atoms with van der Waals surface area (Å²) >= 11 is 11.5. The Morgan fingerprint density at radius 1 is 1.04 bits per heavy atom. The van der Waals surface area contributed by atoms with E-state index in [9.17, 15) is 0 Å². The fourth-order valence-corrected chi connectivity index (χ4v) is 3.97. The first-order chi connectivity index (χ1) is 13.2. The molecule has 1 aromatic heterocycles. The van der Waals surface area contributed by atoms with E-state index in [1.165, 1.54) is 4.88 Å². The topological polar surface area (TPSA) is 30.5 Å². The average molecular weight is 467 g/mol. The predicted molar refractivity (Wildman–Crippen MR) is 116 cm³/mol.